The Hall–Kier alpha value is -2.92. The van der Waals surface area contributed by atoms with E-state index in [1.807, 2.05) is 6.07 Å². The molecule has 0 aliphatic carbocycles. The van der Waals surface area contributed by atoms with Crippen LogP contribution in [0.25, 0.3) is 0 Å². The molecule has 0 fully saturated rings. The first kappa shape index (κ1) is 25.7. The summed E-state index contributed by atoms with van der Waals surface area (Å²) in [6, 6.07) is 15.3. The van der Waals surface area contributed by atoms with E-state index in [2.05, 4.69) is 0 Å². The van der Waals surface area contributed by atoms with Gasteiger partial charge in [-0.25, -0.2) is 0 Å². The molecule has 0 aromatic heterocycles. The highest BCUT2D eigenvalue weighted by Crippen LogP contribution is 2.38. The molecule has 3 aromatic rings. The van der Waals surface area contributed by atoms with E-state index >= 15 is 0 Å². The molecule has 2 atom stereocenters. The second-order valence-electron chi connectivity index (χ2n) is 7.12. The highest BCUT2D eigenvalue weighted by Gasteiger charge is 2.31. The molecule has 0 spiro atoms. The van der Waals surface area contributed by atoms with E-state index in [1.54, 1.807) is 18.2 Å². The number of carbonyl (C=O) groups is 1. The highest BCUT2D eigenvalue weighted by atomic mass is 35.5. The van der Waals surface area contributed by atoms with E-state index in [0.29, 0.717) is 10.6 Å². The number of rotatable bonds is 7. The minimum Gasteiger partial charge on any atom is -0.481 e. The Morgan fingerprint density at radius 1 is 0.971 bits per heavy atom. The number of ether oxygens (including phenoxy) is 2. The smallest absolute Gasteiger partial charge is 0.416 e. The number of nitrogens with zero attached hydrogens (tertiary/aromatic N) is 1. The Morgan fingerprint density at radius 3 is 2.32 bits per heavy atom. The summed E-state index contributed by atoms with van der Waals surface area (Å²) in [5.41, 5.74) is -0.486. The number of ketones is 1. The summed E-state index contributed by atoms with van der Waals surface area (Å²) in [6.45, 7) is 1.47. The summed E-state index contributed by atoms with van der Waals surface area (Å²) in [5.74, 6) is -1.41. The van der Waals surface area contributed by atoms with Crippen molar-refractivity contribution in [2.75, 3.05) is 0 Å². The van der Waals surface area contributed by atoms with Crippen LogP contribution in [-0.2, 0) is 11.0 Å². The van der Waals surface area contributed by atoms with Gasteiger partial charge in [-0.2, -0.15) is 18.4 Å². The van der Waals surface area contributed by atoms with Gasteiger partial charge in [0, 0.05) is 11.1 Å². The molecule has 0 heterocycles. The van der Waals surface area contributed by atoms with Gasteiger partial charge >= 0.3 is 6.18 Å². The summed E-state index contributed by atoms with van der Waals surface area (Å²) in [5, 5.41) is 9.81. The first-order chi connectivity index (χ1) is 16.0. The quantitative estimate of drug-likeness (QED) is 0.311. The fraction of sp³-hybridized carbons (Fsp3) is 0.167. The van der Waals surface area contributed by atoms with Gasteiger partial charge in [-0.05, 0) is 55.0 Å². The molecule has 0 saturated carbocycles. The van der Waals surface area contributed by atoms with Crippen molar-refractivity contribution in [2.24, 2.45) is 0 Å². The van der Waals surface area contributed by atoms with E-state index in [0.717, 1.165) is 18.2 Å². The van der Waals surface area contributed by atoms with E-state index in [4.69, 9.17) is 44.3 Å². The second kappa shape index (κ2) is 10.6. The van der Waals surface area contributed by atoms with Gasteiger partial charge in [0.15, 0.2) is 11.9 Å². The Labute approximate surface area is 208 Å². The van der Waals surface area contributed by atoms with Crippen LogP contribution in [-0.4, -0.2) is 11.9 Å². The molecule has 10 heteroatoms. The average Bonchev–Trinajstić information content (AvgIpc) is 2.77. The van der Waals surface area contributed by atoms with Gasteiger partial charge in [0.1, 0.15) is 23.2 Å². The third-order valence-electron chi connectivity index (χ3n) is 4.69. The molecule has 0 bridgehead atoms. The number of halogens is 6. The van der Waals surface area contributed by atoms with Crippen LogP contribution in [0.2, 0.25) is 15.1 Å². The number of alkyl halides is 3. The minimum absolute atomic E-state index is 0.0161. The number of nitriles is 1. The largest absolute Gasteiger partial charge is 0.481 e. The van der Waals surface area contributed by atoms with Gasteiger partial charge in [-0.1, -0.05) is 46.9 Å². The molecule has 0 N–H and O–H groups in total. The lowest BCUT2D eigenvalue weighted by Gasteiger charge is -2.18. The number of carbonyl (C=O) groups excluding carboxylic acids is 1. The number of hydrogen-bond acceptors (Lipinski definition) is 4. The van der Waals surface area contributed by atoms with Crippen LogP contribution in [0.4, 0.5) is 13.2 Å². The van der Waals surface area contributed by atoms with E-state index in [1.165, 1.54) is 31.2 Å². The van der Waals surface area contributed by atoms with Crippen molar-refractivity contribution in [1.29, 1.82) is 5.26 Å². The van der Waals surface area contributed by atoms with Crippen LogP contribution in [0, 0.1) is 11.3 Å². The van der Waals surface area contributed by atoms with Crippen molar-refractivity contribution in [2.45, 2.75) is 25.1 Å². The fourth-order valence-electron chi connectivity index (χ4n) is 3.00. The van der Waals surface area contributed by atoms with Crippen LogP contribution in [0.5, 0.6) is 17.2 Å². The lowest BCUT2D eigenvalue weighted by Crippen LogP contribution is -2.29. The third-order valence-corrected chi connectivity index (χ3v) is 5.53. The molecule has 4 nitrogen and oxygen atoms in total. The zero-order chi connectivity index (χ0) is 25.0. The molecular weight excluding hydrogens is 514 g/mol. The van der Waals surface area contributed by atoms with Crippen LogP contribution < -0.4 is 9.47 Å². The predicted octanol–water partition coefficient (Wildman–Crippen LogP) is 8.10. The average molecular weight is 529 g/mol. The molecule has 0 saturated heterocycles. The normalized spacial score (nSPS) is 13.0. The molecule has 0 aliphatic rings. The maximum absolute atomic E-state index is 12.9. The van der Waals surface area contributed by atoms with E-state index in [-0.39, 0.29) is 27.3 Å². The Morgan fingerprint density at radius 2 is 1.71 bits per heavy atom. The van der Waals surface area contributed by atoms with Gasteiger partial charge < -0.3 is 9.47 Å². The lowest BCUT2D eigenvalue weighted by atomic mass is 9.93. The minimum atomic E-state index is -4.54. The van der Waals surface area contributed by atoms with Gasteiger partial charge in [-0.3, -0.25) is 4.79 Å². The fourth-order valence-corrected chi connectivity index (χ4v) is 3.58. The lowest BCUT2D eigenvalue weighted by molar-refractivity contribution is -0.137. The number of Topliss-reactive ketones (excluding diaryl/α,β-unsaturated/α-hetero) is 1. The maximum atomic E-state index is 12.9. The number of benzene rings is 3. The van der Waals surface area contributed by atoms with Gasteiger partial charge in [-0.15, -0.1) is 0 Å². The third kappa shape index (κ3) is 6.15. The summed E-state index contributed by atoms with van der Waals surface area (Å²) in [6.07, 6.45) is -5.61. The second-order valence-corrected chi connectivity index (χ2v) is 8.37. The van der Waals surface area contributed by atoms with Crippen molar-refractivity contribution in [3.05, 3.63) is 86.9 Å². The summed E-state index contributed by atoms with van der Waals surface area (Å²) in [7, 11) is 0. The first-order valence-electron chi connectivity index (χ1n) is 9.69. The van der Waals surface area contributed by atoms with E-state index < -0.39 is 29.5 Å². The molecule has 3 rings (SSSR count). The Bertz CT molecular complexity index is 1260. The van der Waals surface area contributed by atoms with Crippen molar-refractivity contribution in [1.82, 2.24) is 0 Å². The van der Waals surface area contributed by atoms with E-state index in [9.17, 15) is 23.2 Å². The predicted molar refractivity (Wildman–Crippen MR) is 123 cm³/mol. The summed E-state index contributed by atoms with van der Waals surface area (Å²) < 4.78 is 49.8. The van der Waals surface area contributed by atoms with Gasteiger partial charge in [0.05, 0.1) is 21.7 Å². The van der Waals surface area contributed by atoms with Crippen molar-refractivity contribution < 1.29 is 27.4 Å². The monoisotopic (exact) mass is 527 g/mol. The zero-order valence-corrected chi connectivity index (χ0v) is 19.6. The van der Waals surface area contributed by atoms with Crippen LogP contribution in [0.15, 0.2) is 60.7 Å². The van der Waals surface area contributed by atoms with Crippen molar-refractivity contribution >= 4 is 40.6 Å². The van der Waals surface area contributed by atoms with Crippen LogP contribution >= 0.6 is 34.8 Å². The van der Waals surface area contributed by atoms with Crippen LogP contribution in [0.3, 0.4) is 0 Å². The molecule has 34 heavy (non-hydrogen) atoms. The van der Waals surface area contributed by atoms with Crippen molar-refractivity contribution in [3.8, 4) is 23.3 Å². The van der Waals surface area contributed by atoms with Crippen LogP contribution in [0.1, 0.15) is 24.0 Å². The highest BCUT2D eigenvalue weighted by molar-refractivity contribution is 6.32. The Balaban J connectivity index is 1.79. The SMILES string of the molecule is CC(Oc1cc(Oc2ccc(C(F)(F)F)cc2Cl)ccc1Cl)C(=O)C(C#N)c1cccc(Cl)c1. The summed E-state index contributed by atoms with van der Waals surface area (Å²) >= 11 is 18.1. The molecule has 3 aromatic carbocycles. The molecule has 0 aliphatic heterocycles. The molecule has 2 unspecified atom stereocenters. The topological polar surface area (TPSA) is 59.3 Å². The zero-order valence-electron chi connectivity index (χ0n) is 17.4. The van der Waals surface area contributed by atoms with Gasteiger partial charge in [0.25, 0.3) is 0 Å². The standard InChI is InChI=1S/C24H15Cl3F3NO3/c1-13(23(32)18(12-31)14-3-2-4-16(25)9-14)33-22-11-17(6-7-19(22)26)34-21-8-5-15(10-20(21)27)24(28,29)30/h2-11,13,18H,1H3. The molecule has 0 amide bonds. The van der Waals surface area contributed by atoms with Gasteiger partial charge in [0.2, 0.25) is 0 Å². The molecular formula is C24H15Cl3F3NO3. The summed E-state index contributed by atoms with van der Waals surface area (Å²) in [4.78, 5) is 12.9. The number of hydrogen-bond donors (Lipinski definition) is 0. The Kier molecular flexibility index (Phi) is 7.98. The van der Waals surface area contributed by atoms with Crippen molar-refractivity contribution in [3.63, 3.8) is 0 Å². The molecule has 0 radical (unpaired) electrons. The maximum Gasteiger partial charge on any atom is 0.416 e. The molecule has 176 valence electrons. The first-order valence-corrected chi connectivity index (χ1v) is 10.8.